The largest absolute Gasteiger partial charge is 0.192 e. The Morgan fingerprint density at radius 1 is 1.55 bits per heavy atom. The summed E-state index contributed by atoms with van der Waals surface area (Å²) in [6, 6.07) is 8.04. The lowest BCUT2D eigenvalue weighted by atomic mass is 10.2. The smallest absolute Gasteiger partial charge is 0.100 e. The average molecular weight is 275 g/mol. The zero-order valence-corrected chi connectivity index (χ0v) is 8.94. The van der Waals surface area contributed by atoms with Crippen LogP contribution in [-0.2, 0) is 0 Å². The van der Waals surface area contributed by atoms with Gasteiger partial charge in [0.05, 0.1) is 5.56 Å². The van der Waals surface area contributed by atoms with Crippen molar-refractivity contribution in [3.05, 3.63) is 27.3 Å². The van der Waals surface area contributed by atoms with E-state index in [1.54, 1.807) is 11.8 Å². The van der Waals surface area contributed by atoms with Crippen LogP contribution in [0.3, 0.4) is 0 Å². The number of nitriles is 1. The van der Waals surface area contributed by atoms with E-state index in [0.29, 0.717) is 0 Å². The molecule has 0 aliphatic carbocycles. The van der Waals surface area contributed by atoms with Gasteiger partial charge < -0.3 is 0 Å². The number of benzene rings is 1. The fraction of sp³-hybridized carbons (Fsp3) is 0.125. The molecule has 0 aliphatic heterocycles. The Bertz CT molecular complexity index is 303. The van der Waals surface area contributed by atoms with Gasteiger partial charge in [-0.2, -0.15) is 5.26 Å². The van der Waals surface area contributed by atoms with Crippen LogP contribution in [0.25, 0.3) is 0 Å². The van der Waals surface area contributed by atoms with Crippen LogP contribution in [0.2, 0.25) is 0 Å². The van der Waals surface area contributed by atoms with Crippen LogP contribution in [0.5, 0.6) is 0 Å². The Balaban J connectivity index is 3.19. The predicted octanol–water partition coefficient (Wildman–Crippen LogP) is 2.88. The van der Waals surface area contributed by atoms with Crippen molar-refractivity contribution in [2.75, 3.05) is 6.26 Å². The second kappa shape index (κ2) is 3.98. The summed E-state index contributed by atoms with van der Waals surface area (Å²) < 4.78 is 1.11. The molecule has 1 nitrogen and oxygen atoms in total. The maximum Gasteiger partial charge on any atom is 0.100 e. The maximum atomic E-state index is 8.71. The Morgan fingerprint density at radius 2 is 2.27 bits per heavy atom. The third-order valence-electron chi connectivity index (χ3n) is 1.28. The minimum Gasteiger partial charge on any atom is -0.192 e. The molecule has 0 fully saturated rings. The van der Waals surface area contributed by atoms with Crippen molar-refractivity contribution in [2.24, 2.45) is 0 Å². The summed E-state index contributed by atoms with van der Waals surface area (Å²) in [5.41, 5.74) is 0.768. The molecule has 3 heteroatoms. The second-order valence-corrected chi connectivity index (χ2v) is 4.05. The van der Waals surface area contributed by atoms with Crippen molar-refractivity contribution < 1.29 is 0 Å². The number of rotatable bonds is 1. The van der Waals surface area contributed by atoms with Crippen LogP contribution in [0, 0.1) is 14.9 Å². The molecule has 0 N–H and O–H groups in total. The molecule has 1 aromatic carbocycles. The molecule has 0 heterocycles. The van der Waals surface area contributed by atoms with E-state index in [-0.39, 0.29) is 0 Å². The molecule has 1 rings (SSSR count). The highest BCUT2D eigenvalue weighted by Crippen LogP contribution is 2.21. The van der Waals surface area contributed by atoms with Crippen molar-refractivity contribution in [3.8, 4) is 6.07 Å². The third-order valence-corrected chi connectivity index (χ3v) is 2.75. The number of thioether (sulfide) groups is 1. The first kappa shape index (κ1) is 8.88. The first-order chi connectivity index (χ1) is 5.27. The monoisotopic (exact) mass is 275 g/mol. The SMILES string of the molecule is CSc1ccc(I)cc1C#N. The summed E-state index contributed by atoms with van der Waals surface area (Å²) in [4.78, 5) is 1.05. The van der Waals surface area contributed by atoms with Crippen molar-refractivity contribution in [2.45, 2.75) is 4.90 Å². The number of nitrogens with zero attached hydrogens (tertiary/aromatic N) is 1. The lowest BCUT2D eigenvalue weighted by Crippen LogP contribution is -1.80. The van der Waals surface area contributed by atoms with Gasteiger partial charge in [0.25, 0.3) is 0 Å². The molecular formula is C8H6INS. The van der Waals surface area contributed by atoms with E-state index in [2.05, 4.69) is 28.7 Å². The van der Waals surface area contributed by atoms with Gasteiger partial charge >= 0.3 is 0 Å². The molecule has 56 valence electrons. The van der Waals surface area contributed by atoms with Crippen LogP contribution in [-0.4, -0.2) is 6.26 Å². The molecule has 0 aliphatic rings. The van der Waals surface area contributed by atoms with E-state index in [1.807, 2.05) is 24.5 Å². The molecule has 0 amide bonds. The van der Waals surface area contributed by atoms with Gasteiger partial charge in [-0.1, -0.05) is 0 Å². The van der Waals surface area contributed by atoms with Gasteiger partial charge in [-0.15, -0.1) is 11.8 Å². The zero-order chi connectivity index (χ0) is 8.27. The molecule has 0 saturated carbocycles. The van der Waals surface area contributed by atoms with Crippen LogP contribution in [0.1, 0.15) is 5.56 Å². The predicted molar refractivity (Wildman–Crippen MR) is 55.7 cm³/mol. The second-order valence-electron chi connectivity index (χ2n) is 1.96. The standard InChI is InChI=1S/C8H6INS/c1-11-8-3-2-7(9)4-6(8)5-10/h2-4H,1H3. The van der Waals surface area contributed by atoms with Crippen LogP contribution < -0.4 is 0 Å². The third kappa shape index (κ3) is 2.11. The summed E-state index contributed by atoms with van der Waals surface area (Å²) in [6.07, 6.45) is 1.98. The molecule has 0 spiro atoms. The topological polar surface area (TPSA) is 23.8 Å². The van der Waals surface area contributed by atoms with Gasteiger partial charge in [0, 0.05) is 8.47 Å². The Hall–Kier alpha value is -0.210. The first-order valence-electron chi connectivity index (χ1n) is 3.01. The van der Waals surface area contributed by atoms with Crippen LogP contribution in [0.15, 0.2) is 23.1 Å². The molecule has 0 atom stereocenters. The van der Waals surface area contributed by atoms with Gasteiger partial charge in [-0.3, -0.25) is 0 Å². The van der Waals surface area contributed by atoms with Gasteiger partial charge in [0.1, 0.15) is 6.07 Å². The molecule has 0 unspecified atom stereocenters. The highest BCUT2D eigenvalue weighted by Gasteiger charge is 1.99. The normalized spacial score (nSPS) is 9.18. The Kier molecular flexibility index (Phi) is 3.21. The van der Waals surface area contributed by atoms with Gasteiger partial charge in [0.2, 0.25) is 0 Å². The summed E-state index contributed by atoms with van der Waals surface area (Å²) in [7, 11) is 0. The molecular weight excluding hydrogens is 269 g/mol. The quantitative estimate of drug-likeness (QED) is 0.581. The molecule has 0 saturated heterocycles. The van der Waals surface area contributed by atoms with E-state index in [9.17, 15) is 0 Å². The van der Waals surface area contributed by atoms with Crippen molar-refractivity contribution in [1.82, 2.24) is 0 Å². The fourth-order valence-corrected chi connectivity index (χ4v) is 1.79. The van der Waals surface area contributed by atoms with Crippen molar-refractivity contribution in [3.63, 3.8) is 0 Å². The first-order valence-corrected chi connectivity index (χ1v) is 5.32. The Morgan fingerprint density at radius 3 is 2.82 bits per heavy atom. The highest BCUT2D eigenvalue weighted by molar-refractivity contribution is 14.1. The highest BCUT2D eigenvalue weighted by atomic mass is 127. The summed E-state index contributed by atoms with van der Waals surface area (Å²) in [6.45, 7) is 0. The van der Waals surface area contributed by atoms with Gasteiger partial charge in [0.15, 0.2) is 0 Å². The summed E-state index contributed by atoms with van der Waals surface area (Å²) in [5, 5.41) is 8.71. The Labute approximate surface area is 83.9 Å². The van der Waals surface area contributed by atoms with Crippen molar-refractivity contribution in [1.29, 1.82) is 5.26 Å². The minimum atomic E-state index is 0.768. The number of halogens is 1. The van der Waals surface area contributed by atoms with E-state index >= 15 is 0 Å². The molecule has 11 heavy (non-hydrogen) atoms. The van der Waals surface area contributed by atoms with Crippen LogP contribution >= 0.6 is 34.4 Å². The molecule has 1 aromatic rings. The van der Waals surface area contributed by atoms with Crippen molar-refractivity contribution >= 4 is 34.4 Å². The fourth-order valence-electron chi connectivity index (χ4n) is 0.768. The van der Waals surface area contributed by atoms with Gasteiger partial charge in [-0.25, -0.2) is 0 Å². The number of hydrogen-bond acceptors (Lipinski definition) is 2. The lowest BCUT2D eigenvalue weighted by Gasteiger charge is -1.98. The molecule has 0 aromatic heterocycles. The number of hydrogen-bond donors (Lipinski definition) is 0. The van der Waals surface area contributed by atoms with E-state index in [0.717, 1.165) is 14.0 Å². The molecule has 0 radical (unpaired) electrons. The molecule has 0 bridgehead atoms. The summed E-state index contributed by atoms with van der Waals surface area (Å²) in [5.74, 6) is 0. The lowest BCUT2D eigenvalue weighted by molar-refractivity contribution is 1.36. The minimum absolute atomic E-state index is 0.768. The zero-order valence-electron chi connectivity index (χ0n) is 5.97. The average Bonchev–Trinajstić information content (AvgIpc) is 2.04. The maximum absolute atomic E-state index is 8.71. The van der Waals surface area contributed by atoms with E-state index < -0.39 is 0 Å². The van der Waals surface area contributed by atoms with E-state index in [1.165, 1.54) is 0 Å². The van der Waals surface area contributed by atoms with E-state index in [4.69, 9.17) is 5.26 Å². The van der Waals surface area contributed by atoms with Gasteiger partial charge in [-0.05, 0) is 47.0 Å². The van der Waals surface area contributed by atoms with Crippen LogP contribution in [0.4, 0.5) is 0 Å². The summed E-state index contributed by atoms with van der Waals surface area (Å²) >= 11 is 3.80.